The van der Waals surface area contributed by atoms with Crippen LogP contribution in [0.5, 0.6) is 0 Å². The van der Waals surface area contributed by atoms with Crippen molar-refractivity contribution < 1.29 is 9.59 Å². The second kappa shape index (κ2) is 10.0. The fourth-order valence-corrected chi connectivity index (χ4v) is 4.60. The van der Waals surface area contributed by atoms with Gasteiger partial charge < -0.3 is 9.80 Å². The fraction of sp³-hybridized carbons (Fsp3) is 0.160. The molecule has 0 atom stereocenters. The number of benzene rings is 2. The Morgan fingerprint density at radius 3 is 2.62 bits per heavy atom. The Morgan fingerprint density at radius 1 is 1.09 bits per heavy atom. The van der Waals surface area contributed by atoms with E-state index in [0.717, 1.165) is 21.8 Å². The number of carbonyl (C=O) groups excluding carboxylic acids is 2. The van der Waals surface area contributed by atoms with Crippen LogP contribution in [0, 0.1) is 0 Å². The first-order chi connectivity index (χ1) is 15.5. The van der Waals surface area contributed by atoms with Gasteiger partial charge in [-0.1, -0.05) is 59.8 Å². The maximum absolute atomic E-state index is 13.4. The summed E-state index contributed by atoms with van der Waals surface area (Å²) in [6.45, 7) is 0.843. The summed E-state index contributed by atoms with van der Waals surface area (Å²) in [5, 5.41) is 0.604. The summed E-state index contributed by atoms with van der Waals surface area (Å²) in [4.78, 5) is 35.1. The SMILES string of the molecule is CN(CCc1ccccn1)C(=O)/C=C1/Sc2ccccc2N(Cc2ccccc2Cl)C1=O. The minimum absolute atomic E-state index is 0.208. The summed E-state index contributed by atoms with van der Waals surface area (Å²) < 4.78 is 0. The number of anilines is 1. The lowest BCUT2D eigenvalue weighted by molar-refractivity contribution is -0.125. The Morgan fingerprint density at radius 2 is 1.84 bits per heavy atom. The molecule has 162 valence electrons. The molecule has 0 saturated carbocycles. The van der Waals surface area contributed by atoms with Crippen LogP contribution in [-0.4, -0.2) is 35.3 Å². The van der Waals surface area contributed by atoms with Gasteiger partial charge in [0.2, 0.25) is 5.91 Å². The molecule has 0 N–H and O–H groups in total. The molecule has 5 nitrogen and oxygen atoms in total. The van der Waals surface area contributed by atoms with E-state index in [-0.39, 0.29) is 11.8 Å². The van der Waals surface area contributed by atoms with Crippen LogP contribution in [0.3, 0.4) is 0 Å². The number of rotatable bonds is 6. The number of amides is 2. The number of nitrogens with zero attached hydrogens (tertiary/aromatic N) is 3. The molecule has 7 heteroatoms. The van der Waals surface area contributed by atoms with Crippen molar-refractivity contribution in [1.29, 1.82) is 0 Å². The first-order valence-corrected chi connectivity index (χ1v) is 11.4. The maximum Gasteiger partial charge on any atom is 0.265 e. The van der Waals surface area contributed by atoms with E-state index < -0.39 is 0 Å². The molecule has 2 amide bonds. The molecule has 0 radical (unpaired) electrons. The third-order valence-electron chi connectivity index (χ3n) is 5.18. The van der Waals surface area contributed by atoms with Gasteiger partial charge in [0.15, 0.2) is 0 Å². The number of aromatic nitrogens is 1. The molecule has 0 spiro atoms. The zero-order valence-electron chi connectivity index (χ0n) is 17.6. The summed E-state index contributed by atoms with van der Waals surface area (Å²) in [7, 11) is 1.73. The summed E-state index contributed by atoms with van der Waals surface area (Å²) >= 11 is 7.66. The number of pyridine rings is 1. The second-order valence-corrected chi connectivity index (χ2v) is 8.88. The molecule has 2 heterocycles. The van der Waals surface area contributed by atoms with Crippen LogP contribution in [-0.2, 0) is 22.6 Å². The van der Waals surface area contributed by atoms with Crippen molar-refractivity contribution in [2.75, 3.05) is 18.5 Å². The molecule has 0 aliphatic carbocycles. The second-order valence-electron chi connectivity index (χ2n) is 7.39. The minimum atomic E-state index is -0.214. The molecule has 0 bridgehead atoms. The lowest BCUT2D eigenvalue weighted by Gasteiger charge is -2.30. The molecule has 1 aliphatic rings. The molecule has 1 aromatic heterocycles. The van der Waals surface area contributed by atoms with E-state index in [2.05, 4.69) is 4.98 Å². The van der Waals surface area contributed by atoms with Crippen LogP contribution in [0.25, 0.3) is 0 Å². The van der Waals surface area contributed by atoms with Gasteiger partial charge in [-0.2, -0.15) is 0 Å². The Balaban J connectivity index is 1.55. The van der Waals surface area contributed by atoms with Crippen LogP contribution in [0.4, 0.5) is 5.69 Å². The Hall–Kier alpha value is -3.09. The van der Waals surface area contributed by atoms with E-state index in [9.17, 15) is 9.59 Å². The van der Waals surface area contributed by atoms with Gasteiger partial charge in [-0.25, -0.2) is 0 Å². The van der Waals surface area contributed by atoms with Crippen molar-refractivity contribution in [2.24, 2.45) is 0 Å². The van der Waals surface area contributed by atoms with E-state index in [1.165, 1.54) is 17.8 Å². The minimum Gasteiger partial charge on any atom is -0.342 e. The first kappa shape index (κ1) is 22.1. The highest BCUT2D eigenvalue weighted by molar-refractivity contribution is 8.04. The molecular formula is C25H22ClN3O2S. The van der Waals surface area contributed by atoms with Gasteiger partial charge in [0.1, 0.15) is 0 Å². The van der Waals surface area contributed by atoms with Gasteiger partial charge in [0.05, 0.1) is 17.1 Å². The number of hydrogen-bond acceptors (Lipinski definition) is 4. The van der Waals surface area contributed by atoms with Gasteiger partial charge in [-0.05, 0) is 35.9 Å². The van der Waals surface area contributed by atoms with Crippen LogP contribution < -0.4 is 4.90 Å². The normalized spacial score (nSPS) is 14.4. The maximum atomic E-state index is 13.4. The van der Waals surface area contributed by atoms with Crippen LogP contribution in [0.15, 0.2) is 88.8 Å². The average Bonchev–Trinajstić information content (AvgIpc) is 2.82. The highest BCUT2D eigenvalue weighted by Crippen LogP contribution is 2.42. The lowest BCUT2D eigenvalue weighted by Crippen LogP contribution is -2.35. The molecule has 0 unspecified atom stereocenters. The average molecular weight is 464 g/mol. The Labute approximate surface area is 196 Å². The molecule has 4 rings (SSSR count). The van der Waals surface area contributed by atoms with Crippen molar-refractivity contribution in [3.63, 3.8) is 0 Å². The van der Waals surface area contributed by atoms with Gasteiger partial charge in [-0.15, -0.1) is 0 Å². The highest BCUT2D eigenvalue weighted by atomic mass is 35.5. The number of fused-ring (bicyclic) bond motifs is 1. The van der Waals surface area contributed by atoms with Crippen LogP contribution in [0.2, 0.25) is 5.02 Å². The van der Waals surface area contributed by atoms with Gasteiger partial charge in [-0.3, -0.25) is 14.6 Å². The molecule has 32 heavy (non-hydrogen) atoms. The topological polar surface area (TPSA) is 53.5 Å². The van der Waals surface area contributed by atoms with Crippen molar-refractivity contribution in [2.45, 2.75) is 17.9 Å². The zero-order valence-corrected chi connectivity index (χ0v) is 19.1. The lowest BCUT2D eigenvalue weighted by atomic mass is 10.1. The zero-order chi connectivity index (χ0) is 22.5. The van der Waals surface area contributed by atoms with Crippen LogP contribution in [0.1, 0.15) is 11.3 Å². The summed E-state index contributed by atoms with van der Waals surface area (Å²) in [5.74, 6) is -0.422. The number of carbonyl (C=O) groups is 2. The van der Waals surface area contributed by atoms with Crippen molar-refractivity contribution in [1.82, 2.24) is 9.88 Å². The predicted octanol–water partition coefficient (Wildman–Crippen LogP) is 4.96. The van der Waals surface area contributed by atoms with Crippen molar-refractivity contribution >= 4 is 40.9 Å². The predicted molar refractivity (Wildman–Crippen MR) is 129 cm³/mol. The molecule has 0 fully saturated rings. The molecule has 3 aromatic rings. The monoisotopic (exact) mass is 463 g/mol. The quantitative estimate of drug-likeness (QED) is 0.485. The molecular weight excluding hydrogens is 442 g/mol. The van der Waals surface area contributed by atoms with E-state index >= 15 is 0 Å². The number of hydrogen-bond donors (Lipinski definition) is 0. The van der Waals surface area contributed by atoms with E-state index in [0.29, 0.717) is 29.4 Å². The molecule has 1 aliphatic heterocycles. The molecule has 0 saturated heterocycles. The standard InChI is InChI=1S/C25H22ClN3O2S/c1-28(15-13-19-9-6-7-14-27-19)24(30)16-23-25(31)29(17-18-8-2-3-10-20(18)26)21-11-4-5-12-22(21)32-23/h2-12,14,16H,13,15,17H2,1H3/b23-16+. The third-order valence-corrected chi connectivity index (χ3v) is 6.62. The Kier molecular flexibility index (Phi) is 6.93. The Bertz CT molecular complexity index is 1170. The van der Waals surface area contributed by atoms with Crippen molar-refractivity contribution in [3.8, 4) is 0 Å². The van der Waals surface area contributed by atoms with E-state index in [1.807, 2.05) is 66.7 Å². The number of likely N-dealkylation sites (N-methyl/N-ethyl adjacent to an activating group) is 1. The van der Waals surface area contributed by atoms with Gasteiger partial charge in [0, 0.05) is 47.9 Å². The number of thioether (sulfide) groups is 1. The number of para-hydroxylation sites is 1. The summed E-state index contributed by atoms with van der Waals surface area (Å²) in [5.41, 5.74) is 2.58. The summed E-state index contributed by atoms with van der Waals surface area (Å²) in [6, 6.07) is 20.9. The van der Waals surface area contributed by atoms with E-state index in [4.69, 9.17) is 11.6 Å². The fourth-order valence-electron chi connectivity index (χ4n) is 3.38. The highest BCUT2D eigenvalue weighted by Gasteiger charge is 2.30. The smallest absolute Gasteiger partial charge is 0.265 e. The van der Waals surface area contributed by atoms with Gasteiger partial charge in [0.25, 0.3) is 5.91 Å². The van der Waals surface area contributed by atoms with Crippen LogP contribution >= 0.6 is 23.4 Å². The number of halogens is 1. The van der Waals surface area contributed by atoms with E-state index in [1.54, 1.807) is 23.0 Å². The van der Waals surface area contributed by atoms with Crippen molar-refractivity contribution in [3.05, 3.63) is 100 Å². The van der Waals surface area contributed by atoms with Gasteiger partial charge >= 0.3 is 0 Å². The largest absolute Gasteiger partial charge is 0.342 e. The molecule has 2 aromatic carbocycles. The summed E-state index contributed by atoms with van der Waals surface area (Å²) in [6.07, 6.45) is 3.82. The first-order valence-electron chi connectivity index (χ1n) is 10.2. The third kappa shape index (κ3) is 5.03.